The van der Waals surface area contributed by atoms with Crippen LogP contribution in [0.15, 0.2) is 30.5 Å². The molecule has 0 radical (unpaired) electrons. The molecule has 1 fully saturated rings. The number of morpholine rings is 1. The fourth-order valence-corrected chi connectivity index (χ4v) is 3.13. The first-order valence-corrected chi connectivity index (χ1v) is 9.33. The second-order valence-electron chi connectivity index (χ2n) is 7.04. The van der Waals surface area contributed by atoms with Crippen LogP contribution >= 0.6 is 0 Å². The molecular weight excluding hydrogens is 377 g/mol. The Hall–Kier alpha value is -3.07. The number of hydrogen-bond donors (Lipinski definition) is 1. The van der Waals surface area contributed by atoms with Crippen molar-refractivity contribution < 1.29 is 18.7 Å². The summed E-state index contributed by atoms with van der Waals surface area (Å²) >= 11 is 0. The van der Waals surface area contributed by atoms with Crippen LogP contribution in [0.5, 0.6) is 0 Å². The number of benzene rings is 1. The number of anilines is 1. The van der Waals surface area contributed by atoms with Crippen LogP contribution in [0.25, 0.3) is 11.1 Å². The van der Waals surface area contributed by atoms with Crippen molar-refractivity contribution in [2.45, 2.75) is 18.9 Å². The summed E-state index contributed by atoms with van der Waals surface area (Å²) in [6.07, 6.45) is 1.30. The molecule has 3 rings (SSSR count). The Morgan fingerprint density at radius 2 is 2.00 bits per heavy atom. The van der Waals surface area contributed by atoms with E-state index in [9.17, 15) is 14.0 Å². The number of primary amides is 1. The molecule has 1 aliphatic heterocycles. The van der Waals surface area contributed by atoms with Gasteiger partial charge < -0.3 is 20.3 Å². The Balaban J connectivity index is 1.90. The van der Waals surface area contributed by atoms with Gasteiger partial charge in [-0.2, -0.15) is 0 Å². The topological polar surface area (TPSA) is 102 Å². The van der Waals surface area contributed by atoms with Crippen LogP contribution < -0.4 is 10.6 Å². The maximum atomic E-state index is 13.4. The lowest BCUT2D eigenvalue weighted by molar-refractivity contribution is -0.140. The third kappa shape index (κ3) is 5.05. The van der Waals surface area contributed by atoms with Crippen LogP contribution in [0, 0.1) is 5.82 Å². The molecule has 1 unspecified atom stereocenters. The fraction of sp³-hybridized carbons (Fsp3) is 0.400. The van der Waals surface area contributed by atoms with Crippen LogP contribution in [0.1, 0.15) is 24.6 Å². The van der Waals surface area contributed by atoms with Crippen LogP contribution in [-0.4, -0.2) is 60.5 Å². The lowest BCUT2D eigenvalue weighted by atomic mass is 10.0. The van der Waals surface area contributed by atoms with Gasteiger partial charge in [-0.05, 0) is 17.7 Å². The molecule has 2 N–H and O–H groups in total. The summed E-state index contributed by atoms with van der Waals surface area (Å²) in [5.74, 6) is -0.483. The number of aromatic nitrogens is 2. The molecule has 0 bridgehead atoms. The minimum absolute atomic E-state index is 0.0139. The van der Waals surface area contributed by atoms with Crippen LogP contribution in [0.2, 0.25) is 0 Å². The summed E-state index contributed by atoms with van der Waals surface area (Å²) in [4.78, 5) is 35.9. The lowest BCUT2D eigenvalue weighted by Crippen LogP contribution is -2.42. The minimum atomic E-state index is -0.506. The maximum Gasteiger partial charge on any atom is 0.225 e. The molecule has 1 saturated heterocycles. The zero-order valence-corrected chi connectivity index (χ0v) is 16.5. The molecule has 0 spiro atoms. The smallest absolute Gasteiger partial charge is 0.225 e. The van der Waals surface area contributed by atoms with E-state index in [0.717, 1.165) is 5.56 Å². The molecule has 8 nitrogen and oxygen atoms in total. The Kier molecular flexibility index (Phi) is 6.38. The molecule has 0 saturated carbocycles. The van der Waals surface area contributed by atoms with Gasteiger partial charge in [-0.3, -0.25) is 9.59 Å². The first-order valence-electron chi connectivity index (χ1n) is 9.33. The van der Waals surface area contributed by atoms with Crippen molar-refractivity contribution in [3.63, 3.8) is 0 Å². The van der Waals surface area contributed by atoms with Gasteiger partial charge in [0, 0.05) is 45.2 Å². The molecule has 2 aromatic rings. The van der Waals surface area contributed by atoms with Crippen molar-refractivity contribution in [2.24, 2.45) is 5.73 Å². The van der Waals surface area contributed by atoms with Gasteiger partial charge in [0.25, 0.3) is 0 Å². The van der Waals surface area contributed by atoms with E-state index in [1.165, 1.54) is 12.1 Å². The van der Waals surface area contributed by atoms with Gasteiger partial charge in [0.1, 0.15) is 11.9 Å². The van der Waals surface area contributed by atoms with Gasteiger partial charge in [0.15, 0.2) is 0 Å². The van der Waals surface area contributed by atoms with Crippen molar-refractivity contribution >= 4 is 17.8 Å². The van der Waals surface area contributed by atoms with E-state index in [1.807, 2.05) is 14.1 Å². The summed E-state index contributed by atoms with van der Waals surface area (Å²) in [6.45, 7) is 1.08. The van der Waals surface area contributed by atoms with Crippen LogP contribution in [0.3, 0.4) is 0 Å². The summed E-state index contributed by atoms with van der Waals surface area (Å²) in [7, 11) is 3.66. The average molecular weight is 401 g/mol. The second-order valence-corrected chi connectivity index (χ2v) is 7.04. The van der Waals surface area contributed by atoms with Crippen molar-refractivity contribution in [1.29, 1.82) is 0 Å². The van der Waals surface area contributed by atoms with Gasteiger partial charge in [-0.25, -0.2) is 14.4 Å². The van der Waals surface area contributed by atoms with E-state index >= 15 is 0 Å². The van der Waals surface area contributed by atoms with Crippen LogP contribution in [-0.2, 0) is 14.3 Å². The van der Waals surface area contributed by atoms with Crippen molar-refractivity contribution in [3.8, 4) is 11.1 Å². The van der Waals surface area contributed by atoms with Gasteiger partial charge in [0.05, 0.1) is 18.8 Å². The monoisotopic (exact) mass is 401 g/mol. The number of rotatable bonds is 6. The molecule has 1 aromatic carbocycles. The second kappa shape index (κ2) is 8.95. The van der Waals surface area contributed by atoms with Crippen molar-refractivity contribution in [3.05, 3.63) is 42.0 Å². The molecule has 1 aromatic heterocycles. The standard InChI is InChI=1S/C20H24FN5O3/c1-25(2)20-23-11-15(13-3-5-14(21)6-4-13)19(24-20)16-12-26(9-10-29-16)18(28)8-7-17(22)27/h3-6,11,16H,7-10,12H2,1-2H3,(H2,22,27). The number of carbonyl (C=O) groups excluding carboxylic acids is 2. The average Bonchev–Trinajstić information content (AvgIpc) is 2.72. The van der Waals surface area contributed by atoms with Gasteiger partial charge in [0.2, 0.25) is 17.8 Å². The maximum absolute atomic E-state index is 13.4. The van der Waals surface area contributed by atoms with Crippen molar-refractivity contribution in [1.82, 2.24) is 14.9 Å². The minimum Gasteiger partial charge on any atom is -0.370 e. The fourth-order valence-electron chi connectivity index (χ4n) is 3.13. The first kappa shape index (κ1) is 20.7. The highest BCUT2D eigenvalue weighted by molar-refractivity contribution is 5.83. The number of amides is 2. The molecule has 2 heterocycles. The zero-order valence-electron chi connectivity index (χ0n) is 16.5. The lowest BCUT2D eigenvalue weighted by Gasteiger charge is -2.33. The third-order valence-corrected chi connectivity index (χ3v) is 4.67. The number of carbonyl (C=O) groups is 2. The predicted molar refractivity (Wildman–Crippen MR) is 105 cm³/mol. The molecule has 2 amide bonds. The largest absolute Gasteiger partial charge is 0.370 e. The number of halogens is 1. The number of nitrogens with two attached hydrogens (primary N) is 1. The summed E-state index contributed by atoms with van der Waals surface area (Å²) < 4.78 is 19.3. The number of ether oxygens (including phenoxy) is 1. The number of hydrogen-bond acceptors (Lipinski definition) is 6. The molecule has 154 valence electrons. The third-order valence-electron chi connectivity index (χ3n) is 4.67. The molecule has 29 heavy (non-hydrogen) atoms. The van der Waals surface area contributed by atoms with Crippen LogP contribution in [0.4, 0.5) is 10.3 Å². The predicted octanol–water partition coefficient (Wildman–Crippen LogP) is 1.51. The zero-order chi connectivity index (χ0) is 21.0. The highest BCUT2D eigenvalue weighted by Crippen LogP contribution is 2.31. The molecular formula is C20H24FN5O3. The highest BCUT2D eigenvalue weighted by atomic mass is 19.1. The molecule has 1 aliphatic rings. The van der Waals surface area contributed by atoms with Gasteiger partial charge >= 0.3 is 0 Å². The summed E-state index contributed by atoms with van der Waals surface area (Å²) in [5, 5.41) is 0. The summed E-state index contributed by atoms with van der Waals surface area (Å²) in [5.41, 5.74) is 7.25. The molecule has 9 heteroatoms. The quantitative estimate of drug-likeness (QED) is 0.787. The first-order chi connectivity index (χ1) is 13.8. The Morgan fingerprint density at radius 1 is 1.28 bits per heavy atom. The van der Waals surface area contributed by atoms with Gasteiger partial charge in [-0.15, -0.1) is 0 Å². The van der Waals surface area contributed by atoms with Crippen molar-refractivity contribution in [2.75, 3.05) is 38.7 Å². The SMILES string of the molecule is CN(C)c1ncc(-c2ccc(F)cc2)c(C2CN(C(=O)CCC(N)=O)CCO2)n1. The molecule has 0 aliphatic carbocycles. The highest BCUT2D eigenvalue weighted by Gasteiger charge is 2.29. The van der Waals surface area contributed by atoms with E-state index in [1.54, 1.807) is 28.1 Å². The Morgan fingerprint density at radius 3 is 2.66 bits per heavy atom. The summed E-state index contributed by atoms with van der Waals surface area (Å²) in [6, 6.07) is 6.07. The normalized spacial score (nSPS) is 16.5. The molecule has 1 atom stereocenters. The van der Waals surface area contributed by atoms with E-state index in [-0.39, 0.29) is 24.6 Å². The van der Waals surface area contributed by atoms with E-state index in [0.29, 0.717) is 36.9 Å². The Bertz CT molecular complexity index is 888. The number of nitrogens with zero attached hydrogens (tertiary/aromatic N) is 4. The Labute approximate surface area is 168 Å². The van der Waals surface area contributed by atoms with E-state index in [4.69, 9.17) is 10.5 Å². The van der Waals surface area contributed by atoms with E-state index < -0.39 is 12.0 Å². The van der Waals surface area contributed by atoms with Gasteiger partial charge in [-0.1, -0.05) is 12.1 Å². The van der Waals surface area contributed by atoms with E-state index in [2.05, 4.69) is 9.97 Å².